The topological polar surface area (TPSA) is 26.3 Å². The smallest absolute Gasteiger partial charge is 0.150 e. The van der Waals surface area contributed by atoms with Crippen LogP contribution in [0.1, 0.15) is 31.1 Å². The lowest BCUT2D eigenvalue weighted by molar-refractivity contribution is 0.111. The number of hydrogen-bond acceptors (Lipinski definition) is 2. The van der Waals surface area contributed by atoms with Gasteiger partial charge >= 0.3 is 0 Å². The van der Waals surface area contributed by atoms with Crippen LogP contribution in [0.25, 0.3) is 10.8 Å². The van der Waals surface area contributed by atoms with Crippen LogP contribution >= 0.6 is 0 Å². The molecule has 0 aliphatic heterocycles. The van der Waals surface area contributed by atoms with Crippen molar-refractivity contribution >= 4 is 17.1 Å². The molecular formula is C15H16O2. The summed E-state index contributed by atoms with van der Waals surface area (Å²) in [5, 5.41) is 2.06. The second-order valence-corrected chi connectivity index (χ2v) is 5.07. The summed E-state index contributed by atoms with van der Waals surface area (Å²) in [5.74, 6) is 0.762. The molecule has 0 aliphatic carbocycles. The molecule has 0 spiro atoms. The van der Waals surface area contributed by atoms with E-state index in [2.05, 4.69) is 0 Å². The van der Waals surface area contributed by atoms with Gasteiger partial charge in [-0.2, -0.15) is 0 Å². The molecule has 0 heterocycles. The fourth-order valence-corrected chi connectivity index (χ4v) is 1.78. The van der Waals surface area contributed by atoms with Crippen molar-refractivity contribution < 1.29 is 9.53 Å². The van der Waals surface area contributed by atoms with E-state index >= 15 is 0 Å². The molecule has 0 amide bonds. The van der Waals surface area contributed by atoms with Crippen LogP contribution in [0.2, 0.25) is 0 Å². The molecular weight excluding hydrogens is 212 g/mol. The number of rotatable bonds is 2. The van der Waals surface area contributed by atoms with Gasteiger partial charge in [-0.3, -0.25) is 4.79 Å². The maximum absolute atomic E-state index is 10.9. The number of aldehydes is 1. The van der Waals surface area contributed by atoms with Gasteiger partial charge in [0, 0.05) is 10.9 Å². The average molecular weight is 228 g/mol. The van der Waals surface area contributed by atoms with E-state index in [0.717, 1.165) is 22.8 Å². The molecule has 2 rings (SSSR count). The van der Waals surface area contributed by atoms with Crippen LogP contribution in [0.4, 0.5) is 0 Å². The molecule has 0 atom stereocenters. The van der Waals surface area contributed by atoms with Crippen molar-refractivity contribution in [1.82, 2.24) is 0 Å². The van der Waals surface area contributed by atoms with E-state index < -0.39 is 0 Å². The van der Waals surface area contributed by atoms with Gasteiger partial charge < -0.3 is 4.74 Å². The highest BCUT2D eigenvalue weighted by Crippen LogP contribution is 2.29. The molecule has 0 fully saturated rings. The Morgan fingerprint density at radius 1 is 1.12 bits per heavy atom. The van der Waals surface area contributed by atoms with Crippen LogP contribution in [-0.4, -0.2) is 11.9 Å². The van der Waals surface area contributed by atoms with E-state index in [1.807, 2.05) is 51.1 Å². The third-order valence-electron chi connectivity index (χ3n) is 2.40. The number of carbonyl (C=O) groups excluding carboxylic acids is 1. The zero-order chi connectivity index (χ0) is 12.5. The van der Waals surface area contributed by atoms with Gasteiger partial charge in [0.25, 0.3) is 0 Å². The van der Waals surface area contributed by atoms with E-state index in [0.29, 0.717) is 5.56 Å². The molecule has 0 bridgehead atoms. The summed E-state index contributed by atoms with van der Waals surface area (Å²) in [6.07, 6.45) is 0.849. The van der Waals surface area contributed by atoms with Gasteiger partial charge in [-0.05, 0) is 38.3 Å². The molecule has 2 aromatic carbocycles. The number of carbonyl (C=O) groups is 1. The lowest BCUT2D eigenvalue weighted by Crippen LogP contribution is -2.23. The van der Waals surface area contributed by atoms with Crippen LogP contribution in [0.15, 0.2) is 36.4 Å². The first-order valence-corrected chi connectivity index (χ1v) is 5.66. The third-order valence-corrected chi connectivity index (χ3v) is 2.40. The van der Waals surface area contributed by atoms with E-state index in [1.165, 1.54) is 0 Å². The summed E-state index contributed by atoms with van der Waals surface area (Å²) in [5.41, 5.74) is 0.368. The van der Waals surface area contributed by atoms with Gasteiger partial charge in [-0.25, -0.2) is 0 Å². The summed E-state index contributed by atoms with van der Waals surface area (Å²) < 4.78 is 5.90. The Labute approximate surface area is 101 Å². The minimum atomic E-state index is -0.274. The van der Waals surface area contributed by atoms with Gasteiger partial charge in [0.1, 0.15) is 17.6 Å². The number of fused-ring (bicyclic) bond motifs is 1. The SMILES string of the molecule is CC(C)(C)Oc1cc(C=O)cc2ccccc12. The summed E-state index contributed by atoms with van der Waals surface area (Å²) in [4.78, 5) is 10.9. The van der Waals surface area contributed by atoms with Crippen LogP contribution in [0.5, 0.6) is 5.75 Å². The Bertz CT molecular complexity index is 550. The maximum Gasteiger partial charge on any atom is 0.150 e. The Morgan fingerprint density at radius 2 is 1.82 bits per heavy atom. The summed E-state index contributed by atoms with van der Waals surface area (Å²) in [6.45, 7) is 5.99. The molecule has 0 aromatic heterocycles. The van der Waals surface area contributed by atoms with Crippen molar-refractivity contribution in [2.45, 2.75) is 26.4 Å². The average Bonchev–Trinajstić information content (AvgIpc) is 2.26. The van der Waals surface area contributed by atoms with Crippen molar-refractivity contribution in [3.05, 3.63) is 42.0 Å². The quantitative estimate of drug-likeness (QED) is 0.730. The van der Waals surface area contributed by atoms with Gasteiger partial charge in [0.15, 0.2) is 0 Å². The Balaban J connectivity index is 2.62. The summed E-state index contributed by atoms with van der Waals surface area (Å²) in [6, 6.07) is 11.6. The van der Waals surface area contributed by atoms with Gasteiger partial charge in [0.05, 0.1) is 0 Å². The van der Waals surface area contributed by atoms with Crippen molar-refractivity contribution in [3.63, 3.8) is 0 Å². The third kappa shape index (κ3) is 2.64. The molecule has 0 N–H and O–H groups in total. The lowest BCUT2D eigenvalue weighted by Gasteiger charge is -2.22. The second kappa shape index (κ2) is 4.21. The van der Waals surface area contributed by atoms with Crippen molar-refractivity contribution in [2.24, 2.45) is 0 Å². The van der Waals surface area contributed by atoms with Gasteiger partial charge in [-0.1, -0.05) is 24.3 Å². The first kappa shape index (κ1) is 11.6. The molecule has 17 heavy (non-hydrogen) atoms. The highest BCUT2D eigenvalue weighted by atomic mass is 16.5. The largest absolute Gasteiger partial charge is 0.487 e. The van der Waals surface area contributed by atoms with Crippen molar-refractivity contribution in [2.75, 3.05) is 0 Å². The monoisotopic (exact) mass is 228 g/mol. The molecule has 2 aromatic rings. The molecule has 2 heteroatoms. The first-order valence-electron chi connectivity index (χ1n) is 5.66. The van der Waals surface area contributed by atoms with E-state index in [1.54, 1.807) is 6.07 Å². The maximum atomic E-state index is 10.9. The summed E-state index contributed by atoms with van der Waals surface area (Å²) in [7, 11) is 0. The van der Waals surface area contributed by atoms with Crippen molar-refractivity contribution in [1.29, 1.82) is 0 Å². The molecule has 0 saturated carbocycles. The normalized spacial score (nSPS) is 11.5. The van der Waals surface area contributed by atoms with Crippen LogP contribution in [0, 0.1) is 0 Å². The van der Waals surface area contributed by atoms with Crippen molar-refractivity contribution in [3.8, 4) is 5.75 Å². The Morgan fingerprint density at radius 3 is 2.47 bits per heavy atom. The molecule has 0 saturated heterocycles. The zero-order valence-corrected chi connectivity index (χ0v) is 10.4. The van der Waals surface area contributed by atoms with Crippen LogP contribution in [-0.2, 0) is 0 Å². The standard InChI is InChI=1S/C15H16O2/c1-15(2,3)17-14-9-11(10-16)8-12-6-4-5-7-13(12)14/h4-10H,1-3H3. The minimum absolute atomic E-state index is 0.274. The van der Waals surface area contributed by atoms with E-state index in [-0.39, 0.29) is 5.60 Å². The summed E-state index contributed by atoms with van der Waals surface area (Å²) >= 11 is 0. The number of benzene rings is 2. The number of ether oxygens (including phenoxy) is 1. The van der Waals surface area contributed by atoms with E-state index in [4.69, 9.17) is 4.74 Å². The highest BCUT2D eigenvalue weighted by Gasteiger charge is 2.14. The molecule has 0 aliphatic rings. The fraction of sp³-hybridized carbons (Fsp3) is 0.267. The Hall–Kier alpha value is -1.83. The number of hydrogen-bond donors (Lipinski definition) is 0. The van der Waals surface area contributed by atoms with Crippen LogP contribution in [0.3, 0.4) is 0 Å². The van der Waals surface area contributed by atoms with Crippen LogP contribution < -0.4 is 4.74 Å². The van der Waals surface area contributed by atoms with Gasteiger partial charge in [0.2, 0.25) is 0 Å². The zero-order valence-electron chi connectivity index (χ0n) is 10.4. The van der Waals surface area contributed by atoms with E-state index in [9.17, 15) is 4.79 Å². The molecule has 0 radical (unpaired) electrons. The highest BCUT2D eigenvalue weighted by molar-refractivity contribution is 5.93. The molecule has 88 valence electrons. The first-order chi connectivity index (χ1) is 7.99. The Kier molecular flexibility index (Phi) is 2.88. The fourth-order valence-electron chi connectivity index (χ4n) is 1.78. The predicted octanol–water partition coefficient (Wildman–Crippen LogP) is 3.83. The predicted molar refractivity (Wildman–Crippen MR) is 69.7 cm³/mol. The molecule has 2 nitrogen and oxygen atoms in total. The molecule has 0 unspecified atom stereocenters. The second-order valence-electron chi connectivity index (χ2n) is 5.07. The van der Waals surface area contributed by atoms with Gasteiger partial charge in [-0.15, -0.1) is 0 Å². The lowest BCUT2D eigenvalue weighted by atomic mass is 10.1. The minimum Gasteiger partial charge on any atom is -0.487 e.